The van der Waals surface area contributed by atoms with Gasteiger partial charge in [0.1, 0.15) is 0 Å². The lowest BCUT2D eigenvalue weighted by Gasteiger charge is -2.35. The van der Waals surface area contributed by atoms with Crippen molar-refractivity contribution >= 4 is 43.1 Å². The molecule has 1 heteroatoms. The predicted molar refractivity (Wildman–Crippen MR) is 141 cm³/mol. The SMILES string of the molecule is CCc1ccc2ccc3c4ccnc5c4c(cc3c2c1)C(C)(C)c1cc2ccccc2cc1-5. The zero-order chi connectivity index (χ0) is 22.3. The summed E-state index contributed by atoms with van der Waals surface area (Å²) in [5.41, 5.74) is 6.40. The van der Waals surface area contributed by atoms with Crippen LogP contribution in [0, 0.1) is 0 Å². The van der Waals surface area contributed by atoms with Crippen molar-refractivity contribution < 1.29 is 0 Å². The van der Waals surface area contributed by atoms with Crippen LogP contribution in [0.5, 0.6) is 0 Å². The Labute approximate surface area is 193 Å². The number of benzene rings is 5. The Balaban J connectivity index is 1.69. The third-order valence-electron chi connectivity index (χ3n) is 7.82. The van der Waals surface area contributed by atoms with E-state index in [1.807, 2.05) is 6.20 Å². The van der Waals surface area contributed by atoms with Crippen LogP contribution in [0.2, 0.25) is 0 Å². The molecule has 5 aromatic carbocycles. The van der Waals surface area contributed by atoms with Gasteiger partial charge in [0.15, 0.2) is 0 Å². The smallest absolute Gasteiger partial charge is 0.0786 e. The van der Waals surface area contributed by atoms with Crippen molar-refractivity contribution in [3.63, 3.8) is 0 Å². The number of aromatic nitrogens is 1. The standard InChI is InChI=1S/C32H25N/c1-4-19-9-10-20-11-12-23-24-13-14-33-31-27-16-21-7-5-6-8-22(21)17-28(27)32(2,3)29(30(24)31)18-26(23)25(20)15-19/h5-18H,4H2,1-3H3. The van der Waals surface area contributed by atoms with Gasteiger partial charge in [0.25, 0.3) is 0 Å². The molecule has 0 N–H and O–H groups in total. The average molecular weight is 424 g/mol. The normalized spacial score (nSPS) is 14.3. The van der Waals surface area contributed by atoms with E-state index in [1.54, 1.807) is 0 Å². The molecule has 7 rings (SSSR count). The van der Waals surface area contributed by atoms with Gasteiger partial charge in [-0.05, 0) is 85.1 Å². The second-order valence-corrected chi connectivity index (χ2v) is 9.95. The molecule has 1 nitrogen and oxygen atoms in total. The summed E-state index contributed by atoms with van der Waals surface area (Å²) in [5, 5.41) is 10.5. The quantitative estimate of drug-likeness (QED) is 0.241. The molecular weight excluding hydrogens is 398 g/mol. The van der Waals surface area contributed by atoms with Crippen molar-refractivity contribution in [3.05, 3.63) is 102 Å². The van der Waals surface area contributed by atoms with Crippen LogP contribution in [0.15, 0.2) is 85.1 Å². The lowest BCUT2D eigenvalue weighted by molar-refractivity contribution is 0.646. The Bertz CT molecular complexity index is 1770. The fraction of sp³-hybridized carbons (Fsp3) is 0.156. The minimum absolute atomic E-state index is 0.119. The number of hydrogen-bond donors (Lipinski definition) is 0. The monoisotopic (exact) mass is 423 g/mol. The first-order valence-electron chi connectivity index (χ1n) is 11.9. The van der Waals surface area contributed by atoms with E-state index >= 15 is 0 Å². The van der Waals surface area contributed by atoms with Gasteiger partial charge in [-0.25, -0.2) is 0 Å². The van der Waals surface area contributed by atoms with Gasteiger partial charge in [0, 0.05) is 22.6 Å². The molecule has 1 aliphatic rings. The fourth-order valence-corrected chi connectivity index (χ4v) is 5.97. The summed E-state index contributed by atoms with van der Waals surface area (Å²) >= 11 is 0. The molecule has 0 bridgehead atoms. The molecule has 158 valence electrons. The van der Waals surface area contributed by atoms with E-state index < -0.39 is 0 Å². The summed E-state index contributed by atoms with van der Waals surface area (Å²) in [6.45, 7) is 6.98. The first-order chi connectivity index (χ1) is 16.1. The van der Waals surface area contributed by atoms with Crippen LogP contribution in [0.3, 0.4) is 0 Å². The molecule has 0 spiro atoms. The van der Waals surface area contributed by atoms with Crippen molar-refractivity contribution in [2.45, 2.75) is 32.6 Å². The maximum Gasteiger partial charge on any atom is 0.0786 e. The van der Waals surface area contributed by atoms with E-state index in [1.165, 1.54) is 65.3 Å². The van der Waals surface area contributed by atoms with Gasteiger partial charge in [-0.2, -0.15) is 0 Å². The van der Waals surface area contributed by atoms with Crippen molar-refractivity contribution in [2.75, 3.05) is 0 Å². The molecule has 0 amide bonds. The van der Waals surface area contributed by atoms with Crippen molar-refractivity contribution in [3.8, 4) is 11.3 Å². The van der Waals surface area contributed by atoms with Crippen molar-refractivity contribution in [1.29, 1.82) is 0 Å². The molecular formula is C32H25N. The van der Waals surface area contributed by atoms with Gasteiger partial charge in [0.2, 0.25) is 0 Å². The third kappa shape index (κ3) is 2.45. The number of fused-ring (bicyclic) bond motifs is 7. The topological polar surface area (TPSA) is 12.9 Å². The molecule has 0 saturated heterocycles. The Morgan fingerprint density at radius 2 is 1.45 bits per heavy atom. The fourth-order valence-electron chi connectivity index (χ4n) is 5.97. The highest BCUT2D eigenvalue weighted by atomic mass is 14.7. The highest BCUT2D eigenvalue weighted by Crippen LogP contribution is 2.50. The first kappa shape index (κ1) is 18.8. The van der Waals surface area contributed by atoms with Gasteiger partial charge in [-0.3, -0.25) is 4.98 Å². The van der Waals surface area contributed by atoms with Crippen LogP contribution < -0.4 is 0 Å². The summed E-state index contributed by atoms with van der Waals surface area (Å²) in [7, 11) is 0. The second kappa shape index (κ2) is 6.42. The number of pyridine rings is 1. The zero-order valence-electron chi connectivity index (χ0n) is 19.2. The second-order valence-electron chi connectivity index (χ2n) is 9.95. The van der Waals surface area contributed by atoms with E-state index in [9.17, 15) is 0 Å². The third-order valence-corrected chi connectivity index (χ3v) is 7.82. The number of rotatable bonds is 1. The van der Waals surface area contributed by atoms with Crippen molar-refractivity contribution in [1.82, 2.24) is 4.98 Å². The lowest BCUT2D eigenvalue weighted by Crippen LogP contribution is -2.24. The van der Waals surface area contributed by atoms with Crippen LogP contribution in [0.25, 0.3) is 54.3 Å². The van der Waals surface area contributed by atoms with Gasteiger partial charge >= 0.3 is 0 Å². The van der Waals surface area contributed by atoms with Gasteiger partial charge in [0.05, 0.1) is 5.69 Å². The minimum Gasteiger partial charge on any atom is -0.256 e. The van der Waals surface area contributed by atoms with E-state index in [2.05, 4.69) is 99.6 Å². The Morgan fingerprint density at radius 3 is 2.27 bits per heavy atom. The Kier molecular flexibility index (Phi) is 3.66. The number of aryl methyl sites for hydroxylation is 1. The largest absolute Gasteiger partial charge is 0.256 e. The van der Waals surface area contributed by atoms with E-state index in [0.717, 1.165) is 12.1 Å². The lowest BCUT2D eigenvalue weighted by atomic mass is 9.68. The molecule has 1 aromatic heterocycles. The van der Waals surface area contributed by atoms with Gasteiger partial charge in [-0.1, -0.05) is 75.4 Å². The molecule has 1 aliphatic carbocycles. The Hall–Kier alpha value is -3.71. The Morgan fingerprint density at radius 1 is 0.667 bits per heavy atom. The molecule has 0 atom stereocenters. The average Bonchev–Trinajstić information content (AvgIpc) is 2.85. The highest BCUT2D eigenvalue weighted by Gasteiger charge is 2.35. The van der Waals surface area contributed by atoms with Gasteiger partial charge < -0.3 is 0 Å². The van der Waals surface area contributed by atoms with Gasteiger partial charge in [-0.15, -0.1) is 0 Å². The number of hydrogen-bond acceptors (Lipinski definition) is 1. The summed E-state index contributed by atoms with van der Waals surface area (Å²) in [5.74, 6) is 0. The van der Waals surface area contributed by atoms with Crippen LogP contribution in [-0.4, -0.2) is 4.98 Å². The van der Waals surface area contributed by atoms with Crippen LogP contribution >= 0.6 is 0 Å². The zero-order valence-corrected chi connectivity index (χ0v) is 19.2. The molecule has 33 heavy (non-hydrogen) atoms. The minimum atomic E-state index is -0.119. The van der Waals surface area contributed by atoms with Crippen LogP contribution in [-0.2, 0) is 11.8 Å². The molecule has 0 fully saturated rings. The molecule has 0 aliphatic heterocycles. The van der Waals surface area contributed by atoms with Crippen LogP contribution in [0.4, 0.5) is 0 Å². The maximum atomic E-state index is 4.95. The summed E-state index contributed by atoms with van der Waals surface area (Å²) < 4.78 is 0. The molecule has 0 unspecified atom stereocenters. The summed E-state index contributed by atoms with van der Waals surface area (Å²) in [6.07, 6.45) is 3.04. The molecule has 6 aromatic rings. The first-order valence-corrected chi connectivity index (χ1v) is 11.9. The number of nitrogens with zero attached hydrogens (tertiary/aromatic N) is 1. The summed E-state index contributed by atoms with van der Waals surface area (Å²) in [4.78, 5) is 4.95. The van der Waals surface area contributed by atoms with Crippen LogP contribution in [0.1, 0.15) is 37.5 Å². The molecule has 0 radical (unpaired) electrons. The maximum absolute atomic E-state index is 4.95. The van der Waals surface area contributed by atoms with E-state index in [4.69, 9.17) is 4.98 Å². The summed E-state index contributed by atoms with van der Waals surface area (Å²) in [6, 6.07) is 29.6. The molecule has 0 saturated carbocycles. The predicted octanol–water partition coefficient (Wildman–Crippen LogP) is 8.56. The van der Waals surface area contributed by atoms with Crippen molar-refractivity contribution in [2.24, 2.45) is 0 Å². The van der Waals surface area contributed by atoms with E-state index in [0.29, 0.717) is 0 Å². The molecule has 1 heterocycles. The highest BCUT2D eigenvalue weighted by molar-refractivity contribution is 6.21. The van der Waals surface area contributed by atoms with E-state index in [-0.39, 0.29) is 5.41 Å².